The van der Waals surface area contributed by atoms with E-state index in [1.165, 1.54) is 6.07 Å². The van der Waals surface area contributed by atoms with Gasteiger partial charge in [-0.2, -0.15) is 12.1 Å². The van der Waals surface area contributed by atoms with E-state index < -0.39 is 0 Å². The average molecular weight is 285 g/mol. The third-order valence-corrected chi connectivity index (χ3v) is 1.78. The van der Waals surface area contributed by atoms with Crippen molar-refractivity contribution >= 4 is 23.1 Å². The molecular weight excluding hydrogens is 271 g/mol. The van der Waals surface area contributed by atoms with Crippen LogP contribution in [-0.2, 0) is 0 Å². The molecule has 1 nitrogen and oxygen atoms in total. The molecule has 0 atom stereocenters. The second-order valence-corrected chi connectivity index (χ2v) is 2.91. The summed E-state index contributed by atoms with van der Waals surface area (Å²) in [7, 11) is 0. The van der Waals surface area contributed by atoms with Crippen LogP contribution >= 0.6 is 0 Å². The minimum absolute atomic E-state index is 0. The van der Waals surface area contributed by atoms with Crippen molar-refractivity contribution in [2.45, 2.75) is 26.2 Å². The Labute approximate surface area is 117 Å². The molecule has 1 aromatic rings. The Bertz CT molecular complexity index is 258. The zero-order chi connectivity index (χ0) is 9.52. The van der Waals surface area contributed by atoms with Gasteiger partial charge in [-0.3, -0.25) is 4.39 Å². The van der Waals surface area contributed by atoms with Gasteiger partial charge in [0.2, 0.25) is 0 Å². The van der Waals surface area contributed by atoms with E-state index in [4.69, 9.17) is 4.74 Å². The van der Waals surface area contributed by atoms with Gasteiger partial charge < -0.3 is 21.7 Å². The third-order valence-electron chi connectivity index (χ3n) is 1.78. The van der Waals surface area contributed by atoms with Crippen molar-refractivity contribution in [2.75, 3.05) is 6.61 Å². The molecule has 4 heteroatoms. The Morgan fingerprint density at radius 1 is 1.40 bits per heavy atom. The van der Waals surface area contributed by atoms with Crippen LogP contribution < -0.4 is 21.7 Å². The van der Waals surface area contributed by atoms with Crippen LogP contribution in [0.3, 0.4) is 0 Å². The Morgan fingerprint density at radius 3 is 2.73 bits per heavy atom. The van der Waals surface area contributed by atoms with Crippen molar-refractivity contribution in [3.8, 4) is 5.75 Å². The summed E-state index contributed by atoms with van der Waals surface area (Å²) in [6.45, 7) is 2.72. The Balaban J connectivity index is 0. The number of unbranched alkanes of at least 4 members (excludes halogenated alkanes) is 2. The monoisotopic (exact) mass is 284 g/mol. The molecule has 1 rings (SSSR count). The van der Waals surface area contributed by atoms with Gasteiger partial charge in [0, 0.05) is 11.6 Å². The van der Waals surface area contributed by atoms with Gasteiger partial charge in [0.1, 0.15) is 0 Å². The molecule has 0 aliphatic heterocycles. The summed E-state index contributed by atoms with van der Waals surface area (Å²) in [5.41, 5.74) is 0. The fraction of sp³-hybridized carbons (Fsp3) is 0.455. The maximum Gasteiger partial charge on any atom is 2.00 e. The van der Waals surface area contributed by atoms with Crippen LogP contribution in [0, 0.1) is 11.9 Å². The fourth-order valence-corrected chi connectivity index (χ4v) is 1.05. The zero-order valence-corrected chi connectivity index (χ0v) is 11.9. The molecule has 0 aliphatic rings. The SMILES string of the molecule is CCCCCOc1cc[c-]cc1F.[Br-].[Mg+2]. The first-order valence-corrected chi connectivity index (χ1v) is 4.63. The van der Waals surface area contributed by atoms with Crippen molar-refractivity contribution in [3.63, 3.8) is 0 Å². The van der Waals surface area contributed by atoms with Crippen molar-refractivity contribution < 1.29 is 26.1 Å². The van der Waals surface area contributed by atoms with Crippen LogP contribution in [0.25, 0.3) is 0 Å². The van der Waals surface area contributed by atoms with Crippen LogP contribution in [-0.4, -0.2) is 29.7 Å². The van der Waals surface area contributed by atoms with Gasteiger partial charge in [0.15, 0.2) is 0 Å². The van der Waals surface area contributed by atoms with Crippen LogP contribution in [0.1, 0.15) is 26.2 Å². The van der Waals surface area contributed by atoms with E-state index in [1.807, 2.05) is 0 Å². The van der Waals surface area contributed by atoms with Gasteiger partial charge in [0.25, 0.3) is 0 Å². The normalized spacial score (nSPS) is 8.67. The molecule has 0 N–H and O–H groups in total. The van der Waals surface area contributed by atoms with Gasteiger partial charge in [-0.25, -0.2) is 0 Å². The molecule has 0 saturated carbocycles. The first-order valence-electron chi connectivity index (χ1n) is 4.63. The van der Waals surface area contributed by atoms with Crippen molar-refractivity contribution in [1.82, 2.24) is 0 Å². The number of hydrogen-bond donors (Lipinski definition) is 0. The van der Waals surface area contributed by atoms with E-state index in [0.29, 0.717) is 12.4 Å². The Kier molecular flexibility index (Phi) is 12.6. The topological polar surface area (TPSA) is 9.23 Å². The van der Waals surface area contributed by atoms with Gasteiger partial charge in [0.05, 0.1) is 6.61 Å². The van der Waals surface area contributed by atoms with E-state index in [9.17, 15) is 4.39 Å². The summed E-state index contributed by atoms with van der Waals surface area (Å²) < 4.78 is 18.2. The molecular formula is C11H14BrFMgO. The summed E-state index contributed by atoms with van der Waals surface area (Å²) in [6.07, 6.45) is 3.25. The van der Waals surface area contributed by atoms with E-state index in [2.05, 4.69) is 13.0 Å². The molecule has 15 heavy (non-hydrogen) atoms. The fourth-order valence-electron chi connectivity index (χ4n) is 1.05. The maximum absolute atomic E-state index is 12.9. The number of rotatable bonds is 5. The molecule has 0 saturated heterocycles. The van der Waals surface area contributed by atoms with Gasteiger partial charge in [-0.05, 0) is 6.42 Å². The van der Waals surface area contributed by atoms with Gasteiger partial charge in [-0.15, -0.1) is 12.1 Å². The van der Waals surface area contributed by atoms with Crippen LogP contribution in [0.5, 0.6) is 5.75 Å². The van der Waals surface area contributed by atoms with Crippen LogP contribution in [0.15, 0.2) is 18.2 Å². The summed E-state index contributed by atoms with van der Waals surface area (Å²) in [5, 5.41) is 0. The summed E-state index contributed by atoms with van der Waals surface area (Å²) in [4.78, 5) is 0. The molecule has 0 fully saturated rings. The Morgan fingerprint density at radius 2 is 2.13 bits per heavy atom. The van der Waals surface area contributed by atoms with E-state index in [0.717, 1.165) is 19.3 Å². The van der Waals surface area contributed by atoms with E-state index in [-0.39, 0.29) is 45.9 Å². The molecule has 0 radical (unpaired) electrons. The Hall–Kier alpha value is 0.196. The summed E-state index contributed by atoms with van der Waals surface area (Å²) >= 11 is 0. The minimum atomic E-state index is -0.334. The predicted octanol–water partition coefficient (Wildman–Crippen LogP) is -0.182. The molecule has 0 spiro atoms. The van der Waals surface area contributed by atoms with Crippen molar-refractivity contribution in [2.24, 2.45) is 0 Å². The molecule has 0 heterocycles. The second kappa shape index (κ2) is 10.7. The van der Waals surface area contributed by atoms with Gasteiger partial charge in [-0.1, -0.05) is 19.8 Å². The first-order chi connectivity index (χ1) is 6.34. The van der Waals surface area contributed by atoms with Crippen LogP contribution in [0.4, 0.5) is 4.39 Å². The molecule has 0 bridgehead atoms. The largest absolute Gasteiger partial charge is 2.00 e. The molecule has 0 aromatic heterocycles. The molecule has 80 valence electrons. The van der Waals surface area contributed by atoms with E-state index in [1.54, 1.807) is 12.1 Å². The van der Waals surface area contributed by atoms with Crippen molar-refractivity contribution in [1.29, 1.82) is 0 Å². The third kappa shape index (κ3) is 7.14. The number of halogens is 2. The van der Waals surface area contributed by atoms with Crippen molar-refractivity contribution in [3.05, 3.63) is 30.1 Å². The average Bonchev–Trinajstić information content (AvgIpc) is 2.15. The smallest absolute Gasteiger partial charge is 1.00 e. The maximum atomic E-state index is 12.9. The van der Waals surface area contributed by atoms with E-state index >= 15 is 0 Å². The summed E-state index contributed by atoms with van der Waals surface area (Å²) in [5.74, 6) is -0.00569. The number of hydrogen-bond acceptors (Lipinski definition) is 1. The quantitative estimate of drug-likeness (QED) is 0.414. The predicted molar refractivity (Wildman–Crippen MR) is 56.0 cm³/mol. The number of ether oxygens (including phenoxy) is 1. The summed E-state index contributed by atoms with van der Waals surface area (Å²) in [6, 6.07) is 7.18. The second-order valence-electron chi connectivity index (χ2n) is 2.91. The van der Waals surface area contributed by atoms with Crippen LogP contribution in [0.2, 0.25) is 0 Å². The minimum Gasteiger partial charge on any atom is -1.00 e. The first kappa shape index (κ1) is 17.6. The van der Waals surface area contributed by atoms with Gasteiger partial charge >= 0.3 is 23.1 Å². The molecule has 0 unspecified atom stereocenters. The molecule has 1 aromatic carbocycles. The molecule has 0 amide bonds. The number of benzene rings is 1. The zero-order valence-electron chi connectivity index (χ0n) is 8.93. The standard InChI is InChI=1S/C11H14FO.BrH.Mg/c1-2-3-6-9-13-11-8-5-4-7-10(11)12;;/h5,7-8H,2-3,6,9H2,1H3;1H;/q-1;;+2/p-1. The molecule has 0 aliphatic carbocycles.